The molecule has 0 spiro atoms. The van der Waals surface area contributed by atoms with Crippen LogP contribution in [0.1, 0.15) is 39.0 Å². The summed E-state index contributed by atoms with van der Waals surface area (Å²) in [6.45, 7) is 5.34. The van der Waals surface area contributed by atoms with Gasteiger partial charge >= 0.3 is 0 Å². The van der Waals surface area contributed by atoms with E-state index in [1.54, 1.807) is 0 Å². The molecule has 3 aliphatic rings. The summed E-state index contributed by atoms with van der Waals surface area (Å²) >= 11 is 0. The summed E-state index contributed by atoms with van der Waals surface area (Å²) in [5.41, 5.74) is -0.249. The average molecular weight is 279 g/mol. The van der Waals surface area contributed by atoms with Gasteiger partial charge in [0.1, 0.15) is 0 Å². The topological polar surface area (TPSA) is 61.4 Å². The average Bonchev–Trinajstić information content (AvgIpc) is 3.21. The first-order valence-corrected chi connectivity index (χ1v) is 7.89. The van der Waals surface area contributed by atoms with Crippen LogP contribution in [0.4, 0.5) is 0 Å². The standard InChI is InChI=1S/C15H25N3O2/c1-15(6-7-16-10-15)14(20)17-12-4-8-18(9-5-12)13(19)11-2-3-11/h11-12,16H,2-10H2,1H3,(H,17,20). The van der Waals surface area contributed by atoms with Crippen LogP contribution in [-0.4, -0.2) is 48.9 Å². The van der Waals surface area contributed by atoms with Gasteiger partial charge in [0.25, 0.3) is 0 Å². The first-order valence-electron chi connectivity index (χ1n) is 7.89. The van der Waals surface area contributed by atoms with E-state index >= 15 is 0 Å². The van der Waals surface area contributed by atoms with Crippen molar-refractivity contribution in [3.63, 3.8) is 0 Å². The van der Waals surface area contributed by atoms with Gasteiger partial charge in [0.2, 0.25) is 11.8 Å². The van der Waals surface area contributed by atoms with E-state index in [0.717, 1.165) is 58.3 Å². The zero-order valence-corrected chi connectivity index (χ0v) is 12.3. The van der Waals surface area contributed by atoms with Crippen LogP contribution in [-0.2, 0) is 9.59 Å². The lowest BCUT2D eigenvalue weighted by molar-refractivity contribution is -0.134. The number of hydrogen-bond acceptors (Lipinski definition) is 3. The summed E-state index contributed by atoms with van der Waals surface area (Å²) in [5, 5.41) is 6.45. The van der Waals surface area contributed by atoms with E-state index in [9.17, 15) is 9.59 Å². The van der Waals surface area contributed by atoms with E-state index in [-0.39, 0.29) is 17.4 Å². The normalized spacial score (nSPS) is 31.4. The number of carbonyl (C=O) groups is 2. The van der Waals surface area contributed by atoms with Gasteiger partial charge in [0.05, 0.1) is 5.41 Å². The number of likely N-dealkylation sites (tertiary alicyclic amines) is 1. The fourth-order valence-corrected chi connectivity index (χ4v) is 3.20. The number of piperidine rings is 1. The molecule has 5 nitrogen and oxygen atoms in total. The quantitative estimate of drug-likeness (QED) is 0.791. The van der Waals surface area contributed by atoms with E-state index in [1.165, 1.54) is 0 Å². The van der Waals surface area contributed by atoms with E-state index in [1.807, 2.05) is 11.8 Å². The smallest absolute Gasteiger partial charge is 0.227 e. The molecule has 0 aromatic carbocycles. The molecule has 2 amide bonds. The van der Waals surface area contributed by atoms with Crippen molar-refractivity contribution in [1.82, 2.24) is 15.5 Å². The minimum Gasteiger partial charge on any atom is -0.353 e. The lowest BCUT2D eigenvalue weighted by Gasteiger charge is -2.34. The second-order valence-electron chi connectivity index (χ2n) is 6.83. The van der Waals surface area contributed by atoms with Crippen molar-refractivity contribution in [2.45, 2.75) is 45.1 Å². The van der Waals surface area contributed by atoms with Crippen LogP contribution in [0.15, 0.2) is 0 Å². The van der Waals surface area contributed by atoms with E-state index in [0.29, 0.717) is 11.8 Å². The minimum absolute atomic E-state index is 0.175. The van der Waals surface area contributed by atoms with E-state index in [2.05, 4.69) is 10.6 Å². The Morgan fingerprint density at radius 1 is 1.20 bits per heavy atom. The molecule has 1 atom stereocenters. The molecule has 0 radical (unpaired) electrons. The van der Waals surface area contributed by atoms with Crippen LogP contribution >= 0.6 is 0 Å². The molecule has 3 rings (SSSR count). The van der Waals surface area contributed by atoms with Crippen molar-refractivity contribution >= 4 is 11.8 Å². The van der Waals surface area contributed by atoms with Crippen LogP contribution in [0.5, 0.6) is 0 Å². The van der Waals surface area contributed by atoms with Crippen molar-refractivity contribution in [3.8, 4) is 0 Å². The van der Waals surface area contributed by atoms with Crippen LogP contribution in [0.2, 0.25) is 0 Å². The lowest BCUT2D eigenvalue weighted by atomic mass is 9.88. The molecule has 1 saturated carbocycles. The molecule has 2 aliphatic heterocycles. The predicted octanol–water partition coefficient (Wildman–Crippen LogP) is 0.503. The Labute approximate surface area is 120 Å². The van der Waals surface area contributed by atoms with Gasteiger partial charge < -0.3 is 15.5 Å². The first-order chi connectivity index (χ1) is 9.58. The van der Waals surface area contributed by atoms with Crippen molar-refractivity contribution in [1.29, 1.82) is 0 Å². The Morgan fingerprint density at radius 3 is 2.45 bits per heavy atom. The highest BCUT2D eigenvalue weighted by molar-refractivity contribution is 5.83. The molecule has 2 heterocycles. The highest BCUT2D eigenvalue weighted by atomic mass is 16.2. The number of nitrogens with one attached hydrogen (secondary N) is 2. The Morgan fingerprint density at radius 2 is 1.90 bits per heavy atom. The maximum Gasteiger partial charge on any atom is 0.227 e. The highest BCUT2D eigenvalue weighted by Crippen LogP contribution is 2.32. The number of hydrogen-bond donors (Lipinski definition) is 2. The van der Waals surface area contributed by atoms with Crippen LogP contribution in [0.3, 0.4) is 0 Å². The zero-order chi connectivity index (χ0) is 14.2. The summed E-state index contributed by atoms with van der Waals surface area (Å²) in [7, 11) is 0. The Hall–Kier alpha value is -1.10. The Balaban J connectivity index is 1.46. The fourth-order valence-electron chi connectivity index (χ4n) is 3.20. The van der Waals surface area contributed by atoms with Gasteiger partial charge in [-0.05, 0) is 45.6 Å². The van der Waals surface area contributed by atoms with E-state index in [4.69, 9.17) is 0 Å². The molecule has 112 valence electrons. The number of nitrogens with zero attached hydrogens (tertiary/aromatic N) is 1. The van der Waals surface area contributed by atoms with Crippen LogP contribution in [0.25, 0.3) is 0 Å². The largest absolute Gasteiger partial charge is 0.353 e. The molecular weight excluding hydrogens is 254 g/mol. The minimum atomic E-state index is -0.249. The molecule has 5 heteroatoms. The monoisotopic (exact) mass is 279 g/mol. The van der Waals surface area contributed by atoms with Gasteiger partial charge in [-0.15, -0.1) is 0 Å². The molecule has 2 N–H and O–H groups in total. The molecule has 0 bridgehead atoms. The van der Waals surface area contributed by atoms with Crippen molar-refractivity contribution in [2.24, 2.45) is 11.3 Å². The number of amides is 2. The summed E-state index contributed by atoms with van der Waals surface area (Å²) in [5.74, 6) is 0.820. The maximum absolute atomic E-state index is 12.3. The molecule has 3 fully saturated rings. The Bertz CT molecular complexity index is 392. The van der Waals surface area contributed by atoms with Crippen molar-refractivity contribution in [2.75, 3.05) is 26.2 Å². The molecule has 20 heavy (non-hydrogen) atoms. The molecule has 1 aliphatic carbocycles. The van der Waals surface area contributed by atoms with Gasteiger partial charge in [0.15, 0.2) is 0 Å². The SMILES string of the molecule is CC1(C(=O)NC2CCN(C(=O)C3CC3)CC2)CCNC1. The summed E-state index contributed by atoms with van der Waals surface area (Å²) in [6, 6.07) is 0.239. The van der Waals surface area contributed by atoms with Gasteiger partial charge in [-0.25, -0.2) is 0 Å². The molecular formula is C15H25N3O2. The molecule has 0 aromatic rings. The maximum atomic E-state index is 12.3. The van der Waals surface area contributed by atoms with Crippen LogP contribution in [0, 0.1) is 11.3 Å². The fraction of sp³-hybridized carbons (Fsp3) is 0.867. The summed E-state index contributed by atoms with van der Waals surface area (Å²) < 4.78 is 0. The second kappa shape index (κ2) is 5.35. The third-order valence-corrected chi connectivity index (χ3v) is 4.99. The molecule has 0 aromatic heterocycles. The van der Waals surface area contributed by atoms with Gasteiger partial charge in [-0.3, -0.25) is 9.59 Å². The third-order valence-electron chi connectivity index (χ3n) is 4.99. The van der Waals surface area contributed by atoms with Crippen molar-refractivity contribution in [3.05, 3.63) is 0 Å². The zero-order valence-electron chi connectivity index (χ0n) is 12.3. The lowest BCUT2D eigenvalue weighted by Crippen LogP contribution is -2.50. The van der Waals surface area contributed by atoms with Gasteiger partial charge in [-0.1, -0.05) is 0 Å². The summed E-state index contributed by atoms with van der Waals surface area (Å²) in [4.78, 5) is 26.3. The molecule has 2 saturated heterocycles. The third kappa shape index (κ3) is 2.82. The summed E-state index contributed by atoms with van der Waals surface area (Å²) in [6.07, 6.45) is 4.85. The second-order valence-corrected chi connectivity index (χ2v) is 6.83. The molecule has 1 unspecified atom stereocenters. The predicted molar refractivity (Wildman–Crippen MR) is 76.1 cm³/mol. The highest BCUT2D eigenvalue weighted by Gasteiger charge is 2.38. The van der Waals surface area contributed by atoms with E-state index < -0.39 is 0 Å². The number of rotatable bonds is 3. The van der Waals surface area contributed by atoms with Gasteiger partial charge in [-0.2, -0.15) is 0 Å². The van der Waals surface area contributed by atoms with Crippen molar-refractivity contribution < 1.29 is 9.59 Å². The first kappa shape index (κ1) is 13.9. The van der Waals surface area contributed by atoms with Gasteiger partial charge in [0, 0.05) is 31.6 Å². The number of carbonyl (C=O) groups excluding carboxylic acids is 2. The Kier molecular flexibility index (Phi) is 3.71. The van der Waals surface area contributed by atoms with Crippen LogP contribution < -0.4 is 10.6 Å².